The maximum Gasteiger partial charge on any atom is 0.227 e. The van der Waals surface area contributed by atoms with Crippen molar-refractivity contribution in [3.8, 4) is 6.07 Å². The molecule has 0 aliphatic carbocycles. The highest BCUT2D eigenvalue weighted by Gasteiger charge is 2.22. The van der Waals surface area contributed by atoms with Crippen molar-refractivity contribution in [2.75, 3.05) is 32.6 Å². The van der Waals surface area contributed by atoms with E-state index in [1.165, 1.54) is 11.4 Å². The molecule has 0 aromatic rings. The maximum atomic E-state index is 11.5. The highest BCUT2D eigenvalue weighted by molar-refractivity contribution is 7.89. The summed E-state index contributed by atoms with van der Waals surface area (Å²) in [7, 11) is -1.85. The lowest BCUT2D eigenvalue weighted by Crippen LogP contribution is -2.35. The summed E-state index contributed by atoms with van der Waals surface area (Å²) in [6.45, 7) is 1.90. The van der Waals surface area contributed by atoms with Gasteiger partial charge in [0, 0.05) is 26.8 Å². The third kappa shape index (κ3) is 3.78. The molecule has 0 unspecified atom stereocenters. The minimum Gasteiger partial charge on any atom is -0.381 e. The molecule has 0 radical (unpaired) electrons. The van der Waals surface area contributed by atoms with E-state index in [0.29, 0.717) is 25.7 Å². The van der Waals surface area contributed by atoms with Crippen molar-refractivity contribution in [3.63, 3.8) is 0 Å². The number of sulfonamides is 1. The van der Waals surface area contributed by atoms with Gasteiger partial charge in [-0.1, -0.05) is 0 Å². The van der Waals surface area contributed by atoms with Crippen LogP contribution in [-0.4, -0.2) is 45.3 Å². The quantitative estimate of drug-likeness (QED) is 0.694. The topological polar surface area (TPSA) is 70.4 Å². The largest absolute Gasteiger partial charge is 0.381 e. The van der Waals surface area contributed by atoms with Gasteiger partial charge in [0.15, 0.2) is 5.75 Å². The molecule has 1 aliphatic rings. The second-order valence-corrected chi connectivity index (χ2v) is 5.83. The molecule has 0 saturated carbocycles. The molecule has 0 bridgehead atoms. The van der Waals surface area contributed by atoms with Crippen molar-refractivity contribution in [2.24, 2.45) is 5.92 Å². The van der Waals surface area contributed by atoms with Crippen LogP contribution in [-0.2, 0) is 14.8 Å². The molecule has 0 amide bonds. The predicted molar refractivity (Wildman–Crippen MR) is 55.6 cm³/mol. The number of nitrogens with zero attached hydrogens (tertiary/aromatic N) is 2. The molecule has 6 heteroatoms. The van der Waals surface area contributed by atoms with E-state index in [1.54, 1.807) is 6.07 Å². The van der Waals surface area contributed by atoms with Gasteiger partial charge in [0.25, 0.3) is 0 Å². The van der Waals surface area contributed by atoms with Gasteiger partial charge in [-0.05, 0) is 18.8 Å². The minimum absolute atomic E-state index is 0.359. The van der Waals surface area contributed by atoms with Crippen LogP contribution in [0.15, 0.2) is 0 Å². The second kappa shape index (κ2) is 5.45. The van der Waals surface area contributed by atoms with E-state index < -0.39 is 15.8 Å². The Balaban J connectivity index is 2.47. The monoisotopic (exact) mass is 232 g/mol. The van der Waals surface area contributed by atoms with Gasteiger partial charge in [-0.2, -0.15) is 5.26 Å². The lowest BCUT2D eigenvalue weighted by molar-refractivity contribution is 0.0620. The molecular weight excluding hydrogens is 216 g/mol. The molecular formula is C9H16N2O3S. The first kappa shape index (κ1) is 12.4. The molecule has 1 rings (SSSR count). The number of rotatable bonds is 4. The summed E-state index contributed by atoms with van der Waals surface area (Å²) in [6, 6.07) is 1.67. The Bertz CT molecular complexity index is 328. The van der Waals surface area contributed by atoms with Gasteiger partial charge in [0.1, 0.15) is 0 Å². The fourth-order valence-electron chi connectivity index (χ4n) is 1.60. The van der Waals surface area contributed by atoms with E-state index in [0.717, 1.165) is 12.8 Å². The third-order valence-corrected chi connectivity index (χ3v) is 4.17. The van der Waals surface area contributed by atoms with E-state index in [9.17, 15) is 8.42 Å². The Morgan fingerprint density at radius 1 is 1.47 bits per heavy atom. The van der Waals surface area contributed by atoms with Crippen LogP contribution in [0.1, 0.15) is 12.8 Å². The molecule has 1 heterocycles. The van der Waals surface area contributed by atoms with Crippen LogP contribution in [0.25, 0.3) is 0 Å². The summed E-state index contributed by atoms with van der Waals surface area (Å²) in [5.74, 6) is -0.0792. The molecule has 0 atom stereocenters. The highest BCUT2D eigenvalue weighted by Crippen LogP contribution is 2.16. The molecule has 1 saturated heterocycles. The van der Waals surface area contributed by atoms with Gasteiger partial charge < -0.3 is 4.74 Å². The van der Waals surface area contributed by atoms with Gasteiger partial charge in [-0.15, -0.1) is 0 Å². The molecule has 1 fully saturated rings. The Morgan fingerprint density at radius 3 is 2.60 bits per heavy atom. The van der Waals surface area contributed by atoms with E-state index in [1.807, 2.05) is 0 Å². The highest BCUT2D eigenvalue weighted by atomic mass is 32.2. The average Bonchev–Trinajstić information content (AvgIpc) is 2.19. The van der Waals surface area contributed by atoms with Gasteiger partial charge in [0.2, 0.25) is 10.0 Å². The molecule has 86 valence electrons. The van der Waals surface area contributed by atoms with Crippen molar-refractivity contribution in [1.29, 1.82) is 5.26 Å². The van der Waals surface area contributed by atoms with Crippen LogP contribution in [0, 0.1) is 17.2 Å². The molecule has 15 heavy (non-hydrogen) atoms. The van der Waals surface area contributed by atoms with Crippen LogP contribution in [0.4, 0.5) is 0 Å². The fraction of sp³-hybridized carbons (Fsp3) is 0.889. The lowest BCUT2D eigenvalue weighted by Gasteiger charge is -2.26. The second-order valence-electron chi connectivity index (χ2n) is 3.75. The van der Waals surface area contributed by atoms with E-state index in [-0.39, 0.29) is 0 Å². The standard InChI is InChI=1S/C9H16N2O3S/c1-11(15(12,13)7-4-10)8-9-2-5-14-6-3-9/h9H,2-3,5-8H2,1H3. The Morgan fingerprint density at radius 2 is 2.07 bits per heavy atom. The normalized spacial score (nSPS) is 19.0. The predicted octanol–water partition coefficient (Wildman–Crippen LogP) is 0.198. The summed E-state index contributed by atoms with van der Waals surface area (Å²) >= 11 is 0. The summed E-state index contributed by atoms with van der Waals surface area (Å²) in [5, 5.41) is 8.38. The molecule has 0 aromatic heterocycles. The molecule has 0 spiro atoms. The zero-order valence-electron chi connectivity index (χ0n) is 8.85. The van der Waals surface area contributed by atoms with Crippen molar-refractivity contribution >= 4 is 10.0 Å². The first-order valence-corrected chi connectivity index (χ1v) is 6.56. The SMILES string of the molecule is CN(CC1CCOCC1)S(=O)(=O)CC#N. The van der Waals surface area contributed by atoms with E-state index in [2.05, 4.69) is 0 Å². The first-order chi connectivity index (χ1) is 7.06. The zero-order valence-corrected chi connectivity index (χ0v) is 9.66. The molecule has 5 nitrogen and oxygen atoms in total. The Labute approximate surface area is 90.7 Å². The van der Waals surface area contributed by atoms with E-state index in [4.69, 9.17) is 10.00 Å². The van der Waals surface area contributed by atoms with Crippen LogP contribution < -0.4 is 0 Å². The zero-order chi connectivity index (χ0) is 11.3. The van der Waals surface area contributed by atoms with Crippen LogP contribution >= 0.6 is 0 Å². The average molecular weight is 232 g/mol. The van der Waals surface area contributed by atoms with Crippen LogP contribution in [0.2, 0.25) is 0 Å². The third-order valence-electron chi connectivity index (χ3n) is 2.58. The van der Waals surface area contributed by atoms with Gasteiger partial charge >= 0.3 is 0 Å². The number of hydrogen-bond acceptors (Lipinski definition) is 4. The summed E-state index contributed by atoms with van der Waals surface area (Å²) in [6.07, 6.45) is 1.79. The van der Waals surface area contributed by atoms with Crippen molar-refractivity contribution < 1.29 is 13.2 Å². The fourth-order valence-corrected chi connectivity index (χ4v) is 2.42. The molecule has 0 N–H and O–H groups in total. The van der Waals surface area contributed by atoms with Crippen molar-refractivity contribution in [2.45, 2.75) is 12.8 Å². The number of ether oxygens (including phenoxy) is 1. The van der Waals surface area contributed by atoms with Crippen LogP contribution in [0.3, 0.4) is 0 Å². The smallest absolute Gasteiger partial charge is 0.227 e. The summed E-state index contributed by atoms with van der Waals surface area (Å²) in [5.41, 5.74) is 0. The molecule has 1 aliphatic heterocycles. The van der Waals surface area contributed by atoms with Crippen LogP contribution in [0.5, 0.6) is 0 Å². The minimum atomic E-state index is -3.38. The Kier molecular flexibility index (Phi) is 4.51. The number of hydrogen-bond donors (Lipinski definition) is 0. The maximum absolute atomic E-state index is 11.5. The van der Waals surface area contributed by atoms with Gasteiger partial charge in [-0.3, -0.25) is 0 Å². The summed E-state index contributed by atoms with van der Waals surface area (Å²) in [4.78, 5) is 0. The molecule has 0 aromatic carbocycles. The van der Waals surface area contributed by atoms with Gasteiger partial charge in [0.05, 0.1) is 6.07 Å². The van der Waals surface area contributed by atoms with Gasteiger partial charge in [-0.25, -0.2) is 12.7 Å². The van der Waals surface area contributed by atoms with Crippen molar-refractivity contribution in [3.05, 3.63) is 0 Å². The summed E-state index contributed by atoms with van der Waals surface area (Å²) < 4.78 is 29.4. The van der Waals surface area contributed by atoms with E-state index >= 15 is 0 Å². The number of nitriles is 1. The Hall–Kier alpha value is -0.640. The first-order valence-electron chi connectivity index (χ1n) is 4.95. The van der Waals surface area contributed by atoms with Crippen molar-refractivity contribution in [1.82, 2.24) is 4.31 Å². The lowest BCUT2D eigenvalue weighted by atomic mass is 10.0.